The maximum atomic E-state index is 12.2. The predicted molar refractivity (Wildman–Crippen MR) is 101 cm³/mol. The van der Waals surface area contributed by atoms with Crippen LogP contribution in [-0.4, -0.2) is 16.6 Å². The standard InChI is InChI=1S/C19H18N2O2S/c1-13-7-8-17-16(9-13)18(22)10-15(20-17)11-24-12-19(23)21-14-5-3-2-4-6-14/h2-10H,11-12H2,1H3,(H,20,22)(H,21,23). The lowest BCUT2D eigenvalue weighted by Crippen LogP contribution is -2.14. The Morgan fingerprint density at radius 2 is 1.92 bits per heavy atom. The number of nitrogens with one attached hydrogen (secondary N) is 2. The summed E-state index contributed by atoms with van der Waals surface area (Å²) in [6.45, 7) is 1.97. The second-order valence-electron chi connectivity index (χ2n) is 5.61. The van der Waals surface area contributed by atoms with Gasteiger partial charge in [-0.3, -0.25) is 9.59 Å². The Labute approximate surface area is 144 Å². The number of benzene rings is 2. The summed E-state index contributed by atoms with van der Waals surface area (Å²) in [5.74, 6) is 0.870. The molecule has 5 heteroatoms. The van der Waals surface area contributed by atoms with E-state index in [-0.39, 0.29) is 11.3 Å². The van der Waals surface area contributed by atoms with Crippen LogP contribution in [0.25, 0.3) is 10.9 Å². The molecule has 0 atom stereocenters. The second-order valence-corrected chi connectivity index (χ2v) is 6.60. The number of aryl methyl sites for hydroxylation is 1. The van der Waals surface area contributed by atoms with Crippen molar-refractivity contribution in [2.75, 3.05) is 11.1 Å². The predicted octanol–water partition coefficient (Wildman–Crippen LogP) is 3.71. The van der Waals surface area contributed by atoms with E-state index in [0.29, 0.717) is 16.9 Å². The van der Waals surface area contributed by atoms with Gasteiger partial charge < -0.3 is 10.3 Å². The zero-order chi connectivity index (χ0) is 16.9. The number of hydrogen-bond acceptors (Lipinski definition) is 3. The van der Waals surface area contributed by atoms with Gasteiger partial charge in [-0.05, 0) is 31.2 Å². The van der Waals surface area contributed by atoms with E-state index < -0.39 is 0 Å². The minimum atomic E-state index is -0.0510. The SMILES string of the molecule is Cc1ccc2[nH]c(CSCC(=O)Nc3ccccc3)cc(=O)c2c1. The first-order valence-electron chi connectivity index (χ1n) is 7.67. The van der Waals surface area contributed by atoms with Gasteiger partial charge in [-0.15, -0.1) is 11.8 Å². The minimum absolute atomic E-state index is 0.0109. The number of H-pyrrole nitrogens is 1. The first-order chi connectivity index (χ1) is 11.6. The molecule has 3 rings (SSSR count). The van der Waals surface area contributed by atoms with Crippen molar-refractivity contribution in [1.82, 2.24) is 4.98 Å². The molecular weight excluding hydrogens is 320 g/mol. The summed E-state index contributed by atoms with van der Waals surface area (Å²) in [6, 6.07) is 16.8. The number of anilines is 1. The van der Waals surface area contributed by atoms with Crippen LogP contribution in [0.4, 0.5) is 5.69 Å². The van der Waals surface area contributed by atoms with Crippen LogP contribution in [0.15, 0.2) is 59.4 Å². The second kappa shape index (κ2) is 7.36. The first kappa shape index (κ1) is 16.3. The van der Waals surface area contributed by atoms with Gasteiger partial charge in [0, 0.05) is 34.1 Å². The van der Waals surface area contributed by atoms with Gasteiger partial charge in [0.15, 0.2) is 5.43 Å². The molecule has 1 heterocycles. The monoisotopic (exact) mass is 338 g/mol. The maximum Gasteiger partial charge on any atom is 0.234 e. The number of aromatic nitrogens is 1. The third kappa shape index (κ3) is 4.06. The molecule has 0 aliphatic heterocycles. The van der Waals surface area contributed by atoms with Crippen molar-refractivity contribution in [3.63, 3.8) is 0 Å². The number of fused-ring (bicyclic) bond motifs is 1. The van der Waals surface area contributed by atoms with E-state index in [9.17, 15) is 9.59 Å². The van der Waals surface area contributed by atoms with Crippen LogP contribution in [0.2, 0.25) is 0 Å². The molecule has 1 amide bonds. The fraction of sp³-hybridized carbons (Fsp3) is 0.158. The van der Waals surface area contributed by atoms with Crippen molar-refractivity contribution in [3.05, 3.63) is 76.1 Å². The Hall–Kier alpha value is -2.53. The molecule has 0 saturated carbocycles. The average molecular weight is 338 g/mol. The van der Waals surface area contributed by atoms with Gasteiger partial charge in [-0.2, -0.15) is 0 Å². The highest BCUT2D eigenvalue weighted by atomic mass is 32.2. The van der Waals surface area contributed by atoms with Crippen molar-refractivity contribution >= 4 is 34.3 Å². The number of amides is 1. The molecule has 1 aromatic heterocycles. The molecule has 0 fully saturated rings. The zero-order valence-corrected chi connectivity index (χ0v) is 14.2. The molecule has 4 nitrogen and oxygen atoms in total. The van der Waals surface area contributed by atoms with Crippen molar-refractivity contribution in [1.29, 1.82) is 0 Å². The third-order valence-corrected chi connectivity index (χ3v) is 4.57. The number of carbonyl (C=O) groups excluding carboxylic acids is 1. The highest BCUT2D eigenvalue weighted by Gasteiger charge is 2.05. The molecule has 0 radical (unpaired) electrons. The topological polar surface area (TPSA) is 62.0 Å². The number of rotatable bonds is 5. The van der Waals surface area contributed by atoms with Crippen molar-refractivity contribution in [3.8, 4) is 0 Å². The maximum absolute atomic E-state index is 12.2. The van der Waals surface area contributed by atoms with Gasteiger partial charge in [0.05, 0.1) is 5.75 Å². The van der Waals surface area contributed by atoms with E-state index >= 15 is 0 Å². The molecule has 0 saturated heterocycles. The molecular formula is C19H18N2O2S. The van der Waals surface area contributed by atoms with Crippen LogP contribution in [0.3, 0.4) is 0 Å². The Bertz CT molecular complexity index is 920. The van der Waals surface area contributed by atoms with Crippen LogP contribution in [0, 0.1) is 6.92 Å². The fourth-order valence-electron chi connectivity index (χ4n) is 2.47. The molecule has 0 spiro atoms. The number of thioether (sulfide) groups is 1. The molecule has 2 N–H and O–H groups in total. The Kier molecular flexibility index (Phi) is 5.01. The van der Waals surface area contributed by atoms with E-state index in [0.717, 1.165) is 22.5 Å². The lowest BCUT2D eigenvalue weighted by molar-refractivity contribution is -0.113. The van der Waals surface area contributed by atoms with E-state index in [1.165, 1.54) is 11.8 Å². The van der Waals surface area contributed by atoms with E-state index in [1.807, 2.05) is 55.5 Å². The summed E-state index contributed by atoms with van der Waals surface area (Å²) >= 11 is 1.47. The summed E-state index contributed by atoms with van der Waals surface area (Å²) in [6.07, 6.45) is 0. The van der Waals surface area contributed by atoms with Gasteiger partial charge >= 0.3 is 0 Å². The van der Waals surface area contributed by atoms with Gasteiger partial charge in [-0.25, -0.2) is 0 Å². The Morgan fingerprint density at radius 1 is 1.12 bits per heavy atom. The van der Waals surface area contributed by atoms with Crippen LogP contribution in [0.1, 0.15) is 11.3 Å². The van der Waals surface area contributed by atoms with E-state index in [4.69, 9.17) is 0 Å². The van der Waals surface area contributed by atoms with Gasteiger partial charge in [0.25, 0.3) is 0 Å². The Balaban J connectivity index is 1.61. The number of aromatic amines is 1. The van der Waals surface area contributed by atoms with Gasteiger partial charge in [0.2, 0.25) is 5.91 Å². The lowest BCUT2D eigenvalue weighted by atomic mass is 10.1. The fourth-order valence-corrected chi connectivity index (χ4v) is 3.20. The average Bonchev–Trinajstić information content (AvgIpc) is 2.56. The normalized spacial score (nSPS) is 10.7. The van der Waals surface area contributed by atoms with E-state index in [2.05, 4.69) is 10.3 Å². The van der Waals surface area contributed by atoms with Crippen LogP contribution < -0.4 is 10.7 Å². The van der Waals surface area contributed by atoms with Gasteiger partial charge in [-0.1, -0.05) is 29.8 Å². The molecule has 0 aliphatic rings. The third-order valence-electron chi connectivity index (χ3n) is 3.59. The number of pyridine rings is 1. The lowest BCUT2D eigenvalue weighted by Gasteiger charge is -2.06. The molecule has 3 aromatic rings. The highest BCUT2D eigenvalue weighted by molar-refractivity contribution is 7.99. The molecule has 0 bridgehead atoms. The first-order valence-corrected chi connectivity index (χ1v) is 8.82. The van der Waals surface area contributed by atoms with Crippen molar-refractivity contribution in [2.24, 2.45) is 0 Å². The van der Waals surface area contributed by atoms with Crippen LogP contribution >= 0.6 is 11.8 Å². The highest BCUT2D eigenvalue weighted by Crippen LogP contribution is 2.15. The van der Waals surface area contributed by atoms with Crippen molar-refractivity contribution < 1.29 is 4.79 Å². The number of para-hydroxylation sites is 1. The quantitative estimate of drug-likeness (QED) is 0.745. The molecule has 2 aromatic carbocycles. The zero-order valence-electron chi connectivity index (χ0n) is 13.3. The molecule has 0 aliphatic carbocycles. The van der Waals surface area contributed by atoms with Crippen LogP contribution in [-0.2, 0) is 10.5 Å². The summed E-state index contributed by atoms with van der Waals surface area (Å²) in [5, 5.41) is 3.54. The Morgan fingerprint density at radius 3 is 2.71 bits per heavy atom. The largest absolute Gasteiger partial charge is 0.357 e. The molecule has 24 heavy (non-hydrogen) atoms. The van der Waals surface area contributed by atoms with Crippen molar-refractivity contribution in [2.45, 2.75) is 12.7 Å². The number of carbonyl (C=O) groups is 1. The summed E-state index contributed by atoms with van der Waals surface area (Å²) < 4.78 is 0. The van der Waals surface area contributed by atoms with Crippen LogP contribution in [0.5, 0.6) is 0 Å². The van der Waals surface area contributed by atoms with E-state index in [1.54, 1.807) is 6.07 Å². The van der Waals surface area contributed by atoms with Gasteiger partial charge in [0.1, 0.15) is 0 Å². The summed E-state index contributed by atoms with van der Waals surface area (Å²) in [7, 11) is 0. The summed E-state index contributed by atoms with van der Waals surface area (Å²) in [4.78, 5) is 27.4. The molecule has 0 unspecified atom stereocenters. The molecule has 122 valence electrons. The smallest absolute Gasteiger partial charge is 0.234 e. The minimum Gasteiger partial charge on any atom is -0.357 e. The summed E-state index contributed by atoms with van der Waals surface area (Å²) in [5.41, 5.74) is 3.52. The number of hydrogen-bond donors (Lipinski definition) is 2.